The molecule has 18 heavy (non-hydrogen) atoms. The molecule has 0 atom stereocenters. The van der Waals surface area contributed by atoms with Gasteiger partial charge in [-0.25, -0.2) is 0 Å². The lowest BCUT2D eigenvalue weighted by Gasteiger charge is -2.23. The second kappa shape index (κ2) is 6.55. The number of rotatable bonds is 4. The molecule has 0 radical (unpaired) electrons. The number of hydrogen-bond donors (Lipinski definition) is 0. The molecule has 0 aliphatic carbocycles. The van der Waals surface area contributed by atoms with Crippen LogP contribution in [0.15, 0.2) is 18.2 Å². The number of hydrogen-bond acceptors (Lipinski definition) is 1. The molecule has 1 aromatic carbocycles. The number of benzene rings is 1. The molecule has 1 heterocycles. The van der Waals surface area contributed by atoms with Gasteiger partial charge >= 0.3 is 0 Å². The highest BCUT2D eigenvalue weighted by molar-refractivity contribution is 14.1. The summed E-state index contributed by atoms with van der Waals surface area (Å²) in [4.78, 5) is 14.2. The van der Waals surface area contributed by atoms with E-state index < -0.39 is 0 Å². The molecule has 1 aromatic rings. The third-order valence-electron chi connectivity index (χ3n) is 3.46. The Labute approximate surface area is 123 Å². The lowest BCUT2D eigenvalue weighted by atomic mass is 10.1. The van der Waals surface area contributed by atoms with Gasteiger partial charge in [0.25, 0.3) is 0 Å². The quantitative estimate of drug-likeness (QED) is 0.586. The first-order valence-electron chi connectivity index (χ1n) is 6.81. The van der Waals surface area contributed by atoms with Gasteiger partial charge in [-0.15, -0.1) is 0 Å². The Balaban J connectivity index is 2.23. The monoisotopic (exact) mass is 357 g/mol. The van der Waals surface area contributed by atoms with Gasteiger partial charge in [0.1, 0.15) is 0 Å². The number of anilines is 1. The first-order chi connectivity index (χ1) is 8.72. The van der Waals surface area contributed by atoms with Gasteiger partial charge in [-0.2, -0.15) is 0 Å². The van der Waals surface area contributed by atoms with Crippen LogP contribution < -0.4 is 4.90 Å². The number of amides is 1. The molecule has 0 saturated heterocycles. The number of nitrogens with zero attached hydrogens (tertiary/aromatic N) is 1. The van der Waals surface area contributed by atoms with Crippen LogP contribution in [0.1, 0.15) is 44.6 Å². The molecular weight excluding hydrogens is 337 g/mol. The summed E-state index contributed by atoms with van der Waals surface area (Å²) < 4.78 is 1.26. The normalized spacial score (nSPS) is 15.4. The van der Waals surface area contributed by atoms with E-state index in [0.717, 1.165) is 31.5 Å². The molecule has 0 aromatic heterocycles. The van der Waals surface area contributed by atoms with Crippen molar-refractivity contribution in [3.63, 3.8) is 0 Å². The van der Waals surface area contributed by atoms with Gasteiger partial charge in [-0.05, 0) is 65.6 Å². The highest BCUT2D eigenvalue weighted by atomic mass is 127. The zero-order valence-corrected chi connectivity index (χ0v) is 13.1. The van der Waals surface area contributed by atoms with Crippen molar-refractivity contribution in [1.29, 1.82) is 0 Å². The summed E-state index contributed by atoms with van der Waals surface area (Å²) in [5.41, 5.74) is 2.48. The van der Waals surface area contributed by atoms with Crippen molar-refractivity contribution in [1.82, 2.24) is 0 Å². The van der Waals surface area contributed by atoms with Crippen molar-refractivity contribution in [3.8, 4) is 0 Å². The molecule has 2 nitrogen and oxygen atoms in total. The maximum atomic E-state index is 12.2. The molecule has 2 rings (SSSR count). The van der Waals surface area contributed by atoms with Crippen molar-refractivity contribution in [2.45, 2.75) is 45.4 Å². The van der Waals surface area contributed by atoms with E-state index in [-0.39, 0.29) is 0 Å². The van der Waals surface area contributed by atoms with Crippen molar-refractivity contribution < 1.29 is 4.79 Å². The van der Waals surface area contributed by atoms with Crippen LogP contribution in [0.5, 0.6) is 0 Å². The topological polar surface area (TPSA) is 20.3 Å². The molecule has 0 unspecified atom stereocenters. The molecule has 98 valence electrons. The van der Waals surface area contributed by atoms with Crippen molar-refractivity contribution in [3.05, 3.63) is 27.3 Å². The van der Waals surface area contributed by atoms with E-state index in [0.29, 0.717) is 12.3 Å². The van der Waals surface area contributed by atoms with Gasteiger partial charge in [0, 0.05) is 22.2 Å². The van der Waals surface area contributed by atoms with Gasteiger partial charge in [-0.1, -0.05) is 19.8 Å². The SMILES string of the molecule is CCCCCN1C(=O)CCCc2cc(I)ccc21. The van der Waals surface area contributed by atoms with E-state index in [9.17, 15) is 4.79 Å². The number of carbonyl (C=O) groups excluding carboxylic acids is 1. The third-order valence-corrected chi connectivity index (χ3v) is 4.13. The minimum Gasteiger partial charge on any atom is -0.312 e. The molecule has 0 N–H and O–H groups in total. The lowest BCUT2D eigenvalue weighted by Crippen LogP contribution is -2.31. The Morgan fingerprint density at radius 3 is 2.89 bits per heavy atom. The standard InChI is InChI=1S/C15H20INO/c1-2-3-4-10-17-14-9-8-13(16)11-12(14)6-5-7-15(17)18/h8-9,11H,2-7,10H2,1H3. The number of halogens is 1. The van der Waals surface area contributed by atoms with Crippen molar-refractivity contribution in [2.75, 3.05) is 11.4 Å². The molecule has 0 fully saturated rings. The largest absolute Gasteiger partial charge is 0.312 e. The first-order valence-corrected chi connectivity index (χ1v) is 7.89. The van der Waals surface area contributed by atoms with E-state index in [1.807, 2.05) is 4.90 Å². The fraction of sp³-hybridized carbons (Fsp3) is 0.533. The van der Waals surface area contributed by atoms with Gasteiger partial charge in [0.2, 0.25) is 5.91 Å². The lowest BCUT2D eigenvalue weighted by molar-refractivity contribution is -0.118. The Hall–Kier alpha value is -0.580. The summed E-state index contributed by atoms with van der Waals surface area (Å²) in [7, 11) is 0. The van der Waals surface area contributed by atoms with Gasteiger partial charge in [0.15, 0.2) is 0 Å². The zero-order chi connectivity index (χ0) is 13.0. The smallest absolute Gasteiger partial charge is 0.226 e. The van der Waals surface area contributed by atoms with Crippen LogP contribution in [0, 0.1) is 3.57 Å². The van der Waals surface area contributed by atoms with E-state index in [1.54, 1.807) is 0 Å². The Bertz CT molecular complexity index is 431. The number of carbonyl (C=O) groups is 1. The Kier molecular flexibility index (Phi) is 5.03. The van der Waals surface area contributed by atoms with E-state index >= 15 is 0 Å². The van der Waals surface area contributed by atoms with Crippen LogP contribution in [0.4, 0.5) is 5.69 Å². The molecule has 0 bridgehead atoms. The van der Waals surface area contributed by atoms with Gasteiger partial charge in [0.05, 0.1) is 0 Å². The zero-order valence-electron chi connectivity index (χ0n) is 10.9. The van der Waals surface area contributed by atoms with Crippen molar-refractivity contribution in [2.24, 2.45) is 0 Å². The highest BCUT2D eigenvalue weighted by Gasteiger charge is 2.21. The van der Waals surface area contributed by atoms with Crippen LogP contribution in [0.2, 0.25) is 0 Å². The fourth-order valence-corrected chi connectivity index (χ4v) is 3.04. The predicted octanol–water partition coefficient (Wildman–Crippen LogP) is 4.15. The summed E-state index contributed by atoms with van der Waals surface area (Å²) in [5.74, 6) is 0.297. The minimum atomic E-state index is 0.297. The van der Waals surface area contributed by atoms with Crippen LogP contribution in [-0.2, 0) is 11.2 Å². The number of aryl methyl sites for hydroxylation is 1. The molecular formula is C15H20INO. The summed E-state index contributed by atoms with van der Waals surface area (Å²) in [6.07, 6.45) is 6.20. The van der Waals surface area contributed by atoms with Crippen LogP contribution >= 0.6 is 22.6 Å². The second-order valence-electron chi connectivity index (χ2n) is 4.88. The number of fused-ring (bicyclic) bond motifs is 1. The fourth-order valence-electron chi connectivity index (χ4n) is 2.48. The second-order valence-corrected chi connectivity index (χ2v) is 6.12. The van der Waals surface area contributed by atoms with E-state index in [2.05, 4.69) is 47.7 Å². The highest BCUT2D eigenvalue weighted by Crippen LogP contribution is 2.28. The first kappa shape index (κ1) is 13.8. The predicted molar refractivity (Wildman–Crippen MR) is 84.0 cm³/mol. The van der Waals surface area contributed by atoms with E-state index in [4.69, 9.17) is 0 Å². The summed E-state index contributed by atoms with van der Waals surface area (Å²) >= 11 is 2.34. The van der Waals surface area contributed by atoms with Crippen molar-refractivity contribution >= 4 is 34.2 Å². The van der Waals surface area contributed by atoms with Gasteiger partial charge < -0.3 is 4.90 Å². The molecule has 1 aliphatic rings. The summed E-state index contributed by atoms with van der Waals surface area (Å²) in [6.45, 7) is 3.07. The summed E-state index contributed by atoms with van der Waals surface area (Å²) in [5, 5.41) is 0. The molecule has 0 saturated carbocycles. The van der Waals surface area contributed by atoms with E-state index in [1.165, 1.54) is 22.0 Å². The average molecular weight is 357 g/mol. The van der Waals surface area contributed by atoms with Crippen LogP contribution in [0.25, 0.3) is 0 Å². The minimum absolute atomic E-state index is 0.297. The van der Waals surface area contributed by atoms with Gasteiger partial charge in [-0.3, -0.25) is 4.79 Å². The molecule has 3 heteroatoms. The van der Waals surface area contributed by atoms with Crippen LogP contribution in [0.3, 0.4) is 0 Å². The maximum Gasteiger partial charge on any atom is 0.226 e. The van der Waals surface area contributed by atoms with Crippen LogP contribution in [-0.4, -0.2) is 12.5 Å². The summed E-state index contributed by atoms with van der Waals surface area (Å²) in [6, 6.07) is 6.44. The maximum absolute atomic E-state index is 12.2. The average Bonchev–Trinajstić information content (AvgIpc) is 2.49. The molecule has 0 spiro atoms. The molecule has 1 aliphatic heterocycles. The third kappa shape index (κ3) is 3.25. The Morgan fingerprint density at radius 2 is 2.11 bits per heavy atom. The number of unbranched alkanes of at least 4 members (excludes halogenated alkanes) is 2. The molecule has 1 amide bonds. The Morgan fingerprint density at radius 1 is 1.28 bits per heavy atom.